The van der Waals surface area contributed by atoms with Crippen molar-refractivity contribution in [3.05, 3.63) is 30.1 Å². The van der Waals surface area contributed by atoms with Crippen LogP contribution in [0, 0.1) is 5.82 Å². The molecule has 5 heteroatoms. The van der Waals surface area contributed by atoms with Gasteiger partial charge < -0.3 is 5.73 Å². The molecule has 2 N–H and O–H groups in total. The van der Waals surface area contributed by atoms with Crippen LogP contribution in [-0.2, 0) is 9.84 Å². The lowest BCUT2D eigenvalue weighted by Gasteiger charge is -2.06. The summed E-state index contributed by atoms with van der Waals surface area (Å²) in [5.41, 5.74) is 5.57. The molecule has 1 rings (SSSR count). The minimum absolute atomic E-state index is 0.0448. The van der Waals surface area contributed by atoms with E-state index in [2.05, 4.69) is 0 Å². The van der Waals surface area contributed by atoms with E-state index in [9.17, 15) is 12.8 Å². The van der Waals surface area contributed by atoms with Crippen LogP contribution in [0.5, 0.6) is 0 Å². The Morgan fingerprint density at radius 3 is 2.65 bits per heavy atom. The average Bonchev–Trinajstić information content (AvgIpc) is 2.24. The molecule has 0 radical (unpaired) electrons. The highest BCUT2D eigenvalue weighted by atomic mass is 32.2. The summed E-state index contributed by atoms with van der Waals surface area (Å²) in [4.78, 5) is 0.0540. The van der Waals surface area contributed by atoms with Gasteiger partial charge in [0.2, 0.25) is 0 Å². The van der Waals surface area contributed by atoms with Gasteiger partial charge in [-0.1, -0.05) is 12.5 Å². The molecule has 1 unspecified atom stereocenters. The van der Waals surface area contributed by atoms with Crippen LogP contribution >= 0.6 is 0 Å². The molecular formula is C12H18FNO2S. The zero-order valence-corrected chi connectivity index (χ0v) is 10.7. The largest absolute Gasteiger partial charge is 0.328 e. The maximum Gasteiger partial charge on any atom is 0.178 e. The van der Waals surface area contributed by atoms with Crippen LogP contribution in [0.2, 0.25) is 0 Å². The van der Waals surface area contributed by atoms with Crippen molar-refractivity contribution in [3.8, 4) is 0 Å². The lowest BCUT2D eigenvalue weighted by molar-refractivity contribution is 0.577. The molecule has 17 heavy (non-hydrogen) atoms. The monoisotopic (exact) mass is 259 g/mol. The number of rotatable bonds is 6. The number of hydrogen-bond donors (Lipinski definition) is 1. The summed E-state index contributed by atoms with van der Waals surface area (Å²) >= 11 is 0. The molecule has 0 bridgehead atoms. The van der Waals surface area contributed by atoms with Crippen LogP contribution in [0.3, 0.4) is 0 Å². The van der Waals surface area contributed by atoms with Crippen molar-refractivity contribution in [2.75, 3.05) is 5.75 Å². The van der Waals surface area contributed by atoms with E-state index in [1.807, 2.05) is 6.92 Å². The molecule has 0 spiro atoms. The third-order valence-corrected chi connectivity index (χ3v) is 4.28. The first-order chi connectivity index (χ1) is 7.92. The molecule has 0 saturated carbocycles. The minimum atomic E-state index is -3.36. The second kappa shape index (κ2) is 6.12. The highest BCUT2D eigenvalue weighted by Crippen LogP contribution is 2.14. The predicted octanol–water partition coefficient (Wildman–Crippen LogP) is 2.12. The number of nitrogens with two attached hydrogens (primary N) is 1. The number of halogens is 1. The van der Waals surface area contributed by atoms with E-state index in [0.717, 1.165) is 18.9 Å². The number of hydrogen-bond acceptors (Lipinski definition) is 3. The van der Waals surface area contributed by atoms with E-state index in [-0.39, 0.29) is 16.7 Å². The standard InChI is InChI=1S/C12H18FNO2S/c1-10(14)5-2-3-8-17(15,16)12-7-4-6-11(13)9-12/h4,6-7,9-10H,2-3,5,8,14H2,1H3. The average molecular weight is 259 g/mol. The van der Waals surface area contributed by atoms with Gasteiger partial charge in [-0.15, -0.1) is 0 Å². The first-order valence-electron chi connectivity index (χ1n) is 5.66. The minimum Gasteiger partial charge on any atom is -0.328 e. The van der Waals surface area contributed by atoms with Crippen LogP contribution in [0.15, 0.2) is 29.2 Å². The Balaban J connectivity index is 2.57. The zero-order chi connectivity index (χ0) is 12.9. The summed E-state index contributed by atoms with van der Waals surface area (Å²) < 4.78 is 36.6. The van der Waals surface area contributed by atoms with Gasteiger partial charge in [0.15, 0.2) is 9.84 Å². The lowest BCUT2D eigenvalue weighted by Crippen LogP contribution is -2.15. The van der Waals surface area contributed by atoms with Gasteiger partial charge in [-0.05, 0) is 38.0 Å². The van der Waals surface area contributed by atoms with Crippen molar-refractivity contribution >= 4 is 9.84 Å². The van der Waals surface area contributed by atoms with E-state index >= 15 is 0 Å². The molecule has 1 aromatic rings. The van der Waals surface area contributed by atoms with Crippen LogP contribution in [0.25, 0.3) is 0 Å². The van der Waals surface area contributed by atoms with Crippen molar-refractivity contribution in [2.45, 2.75) is 37.1 Å². The van der Waals surface area contributed by atoms with Gasteiger partial charge in [0.25, 0.3) is 0 Å². The Morgan fingerprint density at radius 2 is 2.06 bits per heavy atom. The quantitative estimate of drug-likeness (QED) is 0.796. The van der Waals surface area contributed by atoms with Crippen LogP contribution in [-0.4, -0.2) is 20.2 Å². The fourth-order valence-corrected chi connectivity index (χ4v) is 2.93. The zero-order valence-electron chi connectivity index (χ0n) is 9.90. The van der Waals surface area contributed by atoms with E-state index in [4.69, 9.17) is 5.73 Å². The highest BCUT2D eigenvalue weighted by molar-refractivity contribution is 7.91. The van der Waals surface area contributed by atoms with Gasteiger partial charge >= 0.3 is 0 Å². The second-order valence-corrected chi connectivity index (χ2v) is 6.36. The van der Waals surface area contributed by atoms with Gasteiger partial charge in [-0.3, -0.25) is 0 Å². The molecule has 1 aromatic carbocycles. The summed E-state index contributed by atoms with van der Waals surface area (Å²) in [6.45, 7) is 1.89. The molecule has 96 valence electrons. The molecule has 0 heterocycles. The Labute approximate surface area is 102 Å². The van der Waals surface area contributed by atoms with Gasteiger partial charge in [0, 0.05) is 6.04 Å². The molecule has 3 nitrogen and oxygen atoms in total. The van der Waals surface area contributed by atoms with Crippen LogP contribution in [0.4, 0.5) is 4.39 Å². The highest BCUT2D eigenvalue weighted by Gasteiger charge is 2.14. The van der Waals surface area contributed by atoms with Crippen LogP contribution in [0.1, 0.15) is 26.2 Å². The molecule has 0 aliphatic carbocycles. The second-order valence-electron chi connectivity index (χ2n) is 4.25. The Bertz CT molecular complexity index is 457. The molecule has 0 aliphatic heterocycles. The summed E-state index contributed by atoms with van der Waals surface area (Å²) in [6, 6.07) is 5.20. The normalized spacial score (nSPS) is 13.6. The molecular weight excluding hydrogens is 241 g/mol. The van der Waals surface area contributed by atoms with Crippen molar-refractivity contribution in [2.24, 2.45) is 5.73 Å². The van der Waals surface area contributed by atoms with Gasteiger partial charge in [-0.2, -0.15) is 0 Å². The molecule has 1 atom stereocenters. The van der Waals surface area contributed by atoms with Gasteiger partial charge in [0.1, 0.15) is 5.82 Å². The third kappa shape index (κ3) is 4.83. The Hall–Kier alpha value is -0.940. The number of sulfone groups is 1. The molecule has 0 fully saturated rings. The molecule has 0 aliphatic rings. The number of benzene rings is 1. The summed E-state index contributed by atoms with van der Waals surface area (Å²) in [5, 5.41) is 0. The lowest BCUT2D eigenvalue weighted by atomic mass is 10.2. The molecule has 0 aromatic heterocycles. The molecule has 0 amide bonds. The fraction of sp³-hybridized carbons (Fsp3) is 0.500. The Morgan fingerprint density at radius 1 is 1.35 bits per heavy atom. The van der Waals surface area contributed by atoms with Crippen molar-refractivity contribution < 1.29 is 12.8 Å². The number of unbranched alkanes of at least 4 members (excludes halogenated alkanes) is 1. The molecule has 0 saturated heterocycles. The van der Waals surface area contributed by atoms with E-state index in [1.54, 1.807) is 0 Å². The van der Waals surface area contributed by atoms with E-state index in [1.165, 1.54) is 18.2 Å². The van der Waals surface area contributed by atoms with E-state index < -0.39 is 15.7 Å². The summed E-state index contributed by atoms with van der Waals surface area (Å²) in [6.07, 6.45) is 2.13. The van der Waals surface area contributed by atoms with Crippen molar-refractivity contribution in [3.63, 3.8) is 0 Å². The summed E-state index contributed by atoms with van der Waals surface area (Å²) in [7, 11) is -3.36. The van der Waals surface area contributed by atoms with Crippen molar-refractivity contribution in [1.82, 2.24) is 0 Å². The first kappa shape index (κ1) is 14.1. The van der Waals surface area contributed by atoms with Gasteiger partial charge in [0.05, 0.1) is 10.6 Å². The summed E-state index contributed by atoms with van der Waals surface area (Å²) in [5.74, 6) is -0.481. The van der Waals surface area contributed by atoms with Gasteiger partial charge in [-0.25, -0.2) is 12.8 Å². The maximum absolute atomic E-state index is 12.9. The van der Waals surface area contributed by atoms with Crippen LogP contribution < -0.4 is 5.73 Å². The first-order valence-corrected chi connectivity index (χ1v) is 7.31. The predicted molar refractivity (Wildman–Crippen MR) is 66.0 cm³/mol. The Kier molecular flexibility index (Phi) is 5.08. The van der Waals surface area contributed by atoms with E-state index in [0.29, 0.717) is 6.42 Å². The maximum atomic E-state index is 12.9. The SMILES string of the molecule is CC(N)CCCCS(=O)(=O)c1cccc(F)c1. The smallest absolute Gasteiger partial charge is 0.178 e. The topological polar surface area (TPSA) is 60.2 Å². The van der Waals surface area contributed by atoms with Crippen molar-refractivity contribution in [1.29, 1.82) is 0 Å². The fourth-order valence-electron chi connectivity index (χ4n) is 1.54. The third-order valence-electron chi connectivity index (χ3n) is 2.48.